The molecule has 0 bridgehead atoms. The number of methoxy groups -OCH3 is 2. The number of ether oxygens (including phenoxy) is 5. The van der Waals surface area contributed by atoms with Gasteiger partial charge in [0.05, 0.1) is 56.0 Å². The fourth-order valence-corrected chi connectivity index (χ4v) is 7.54. The number of nitrogens with zero attached hydrogens (tertiary/aromatic N) is 3. The van der Waals surface area contributed by atoms with E-state index in [0.717, 1.165) is 41.7 Å². The van der Waals surface area contributed by atoms with Crippen molar-refractivity contribution in [3.63, 3.8) is 0 Å². The molecule has 5 aliphatic rings. The van der Waals surface area contributed by atoms with Gasteiger partial charge in [0.2, 0.25) is 5.91 Å². The Morgan fingerprint density at radius 1 is 0.843 bits per heavy atom. The second-order valence-corrected chi connectivity index (χ2v) is 13.5. The molecule has 51 heavy (non-hydrogen) atoms. The van der Waals surface area contributed by atoms with Crippen molar-refractivity contribution in [1.82, 2.24) is 9.80 Å². The summed E-state index contributed by atoms with van der Waals surface area (Å²) in [6, 6.07) is 4.89. The van der Waals surface area contributed by atoms with Gasteiger partial charge in [-0.05, 0) is 50.7 Å². The van der Waals surface area contributed by atoms with Gasteiger partial charge in [-0.15, -0.1) is 0 Å². The molecule has 0 radical (unpaired) electrons. The molecule has 14 nitrogen and oxygen atoms in total. The molecule has 270 valence electrons. The Labute approximate surface area is 295 Å². The van der Waals surface area contributed by atoms with E-state index in [1.807, 2.05) is 0 Å². The number of carbonyl (C=O) groups excluding carboxylic acids is 4. The number of carbonyl (C=O) groups is 4. The first-order chi connectivity index (χ1) is 24.6. The van der Waals surface area contributed by atoms with Crippen molar-refractivity contribution in [1.29, 1.82) is 0 Å². The largest absolute Gasteiger partial charge is 0.493 e. The topological polar surface area (TPSA) is 156 Å². The van der Waals surface area contributed by atoms with E-state index in [0.29, 0.717) is 48.6 Å². The van der Waals surface area contributed by atoms with E-state index in [-0.39, 0.29) is 66.3 Å². The molecule has 2 aromatic rings. The lowest BCUT2D eigenvalue weighted by atomic mass is 10.1. The molecule has 4 amide bonds. The number of amides is 4. The lowest BCUT2D eigenvalue weighted by molar-refractivity contribution is -0.119. The van der Waals surface area contributed by atoms with Crippen molar-refractivity contribution < 1.29 is 48.0 Å². The van der Waals surface area contributed by atoms with Crippen molar-refractivity contribution >= 4 is 35.2 Å². The Bertz CT molecular complexity index is 1800. The highest BCUT2D eigenvalue weighted by Gasteiger charge is 2.47. The molecular weight excluding hydrogens is 660 g/mol. The Morgan fingerprint density at radius 2 is 1.45 bits per heavy atom. The molecule has 2 saturated heterocycles. The van der Waals surface area contributed by atoms with E-state index >= 15 is 0 Å². The quantitative estimate of drug-likeness (QED) is 0.286. The molecule has 2 N–H and O–H groups in total. The maximum absolute atomic E-state index is 13.8. The van der Waals surface area contributed by atoms with Crippen LogP contribution in [-0.2, 0) is 9.53 Å². The SMILES string of the molecule is C=C1CC2C(=O)Nc3cc(OCCCOc4cc5c(cc4OC)C(=O)N4CC(=C)CC4C(O)N5C(=O)OC4CCCC4)c(OC)cc3C(=O)N2C1. The third kappa shape index (κ3) is 6.32. The number of fused-ring (bicyclic) bond motifs is 4. The average molecular weight is 703 g/mol. The van der Waals surface area contributed by atoms with Gasteiger partial charge >= 0.3 is 6.09 Å². The lowest BCUT2D eigenvalue weighted by Gasteiger charge is -2.32. The van der Waals surface area contributed by atoms with Crippen molar-refractivity contribution in [2.75, 3.05) is 50.7 Å². The Kier molecular flexibility index (Phi) is 9.27. The van der Waals surface area contributed by atoms with Gasteiger partial charge in [-0.25, -0.2) is 9.69 Å². The minimum Gasteiger partial charge on any atom is -0.493 e. The highest BCUT2D eigenvalue weighted by Crippen LogP contribution is 2.43. The number of aliphatic hydroxyl groups excluding tert-OH is 1. The summed E-state index contributed by atoms with van der Waals surface area (Å²) < 4.78 is 29.1. The summed E-state index contributed by atoms with van der Waals surface area (Å²) in [5, 5.41) is 14.4. The minimum absolute atomic E-state index is 0.149. The molecule has 3 atom stereocenters. The number of aliphatic hydroxyl groups is 1. The smallest absolute Gasteiger partial charge is 0.416 e. The van der Waals surface area contributed by atoms with Gasteiger partial charge in [-0.3, -0.25) is 14.4 Å². The van der Waals surface area contributed by atoms with Gasteiger partial charge in [-0.2, -0.15) is 0 Å². The second kappa shape index (κ2) is 13.8. The number of hydrogen-bond donors (Lipinski definition) is 2. The summed E-state index contributed by atoms with van der Waals surface area (Å²) in [7, 11) is 2.92. The third-order valence-corrected chi connectivity index (χ3v) is 10.1. The van der Waals surface area contributed by atoms with Crippen LogP contribution in [-0.4, -0.2) is 104 Å². The van der Waals surface area contributed by atoms with E-state index in [1.54, 1.807) is 12.1 Å². The first-order valence-corrected chi connectivity index (χ1v) is 17.2. The zero-order valence-corrected chi connectivity index (χ0v) is 28.8. The average Bonchev–Trinajstić information content (AvgIpc) is 3.85. The summed E-state index contributed by atoms with van der Waals surface area (Å²) in [5.41, 5.74) is 2.58. The van der Waals surface area contributed by atoms with Gasteiger partial charge in [0.25, 0.3) is 11.8 Å². The highest BCUT2D eigenvalue weighted by atomic mass is 16.6. The molecule has 2 aromatic carbocycles. The van der Waals surface area contributed by atoms with Crippen molar-refractivity contribution in [3.05, 3.63) is 59.7 Å². The van der Waals surface area contributed by atoms with Crippen LogP contribution in [0.4, 0.5) is 16.2 Å². The van der Waals surface area contributed by atoms with Crippen molar-refractivity contribution in [3.8, 4) is 23.0 Å². The fourth-order valence-electron chi connectivity index (χ4n) is 7.54. The zero-order valence-electron chi connectivity index (χ0n) is 28.8. The summed E-state index contributed by atoms with van der Waals surface area (Å²) >= 11 is 0. The molecule has 1 saturated carbocycles. The van der Waals surface area contributed by atoms with Crippen LogP contribution in [0.25, 0.3) is 0 Å². The van der Waals surface area contributed by atoms with Gasteiger partial charge in [0.1, 0.15) is 12.1 Å². The van der Waals surface area contributed by atoms with Crippen molar-refractivity contribution in [2.24, 2.45) is 0 Å². The first-order valence-electron chi connectivity index (χ1n) is 17.2. The number of benzene rings is 2. The maximum Gasteiger partial charge on any atom is 0.416 e. The molecule has 1 aliphatic carbocycles. The Hall–Kier alpha value is -5.24. The molecule has 3 fully saturated rings. The van der Waals surface area contributed by atoms with Crippen LogP contribution < -0.4 is 29.2 Å². The lowest BCUT2D eigenvalue weighted by Crippen LogP contribution is -2.51. The number of hydrogen-bond acceptors (Lipinski definition) is 10. The first kappa shape index (κ1) is 34.2. The maximum atomic E-state index is 13.8. The van der Waals surface area contributed by atoms with Gasteiger partial charge in [0.15, 0.2) is 29.2 Å². The van der Waals surface area contributed by atoms with Gasteiger partial charge < -0.3 is 43.9 Å². The summed E-state index contributed by atoms with van der Waals surface area (Å²) in [6.07, 6.45) is 2.18. The predicted molar refractivity (Wildman–Crippen MR) is 185 cm³/mol. The van der Waals surface area contributed by atoms with E-state index in [4.69, 9.17) is 23.7 Å². The molecule has 3 unspecified atom stereocenters. The summed E-state index contributed by atoms with van der Waals surface area (Å²) in [6.45, 7) is 8.87. The monoisotopic (exact) mass is 702 g/mol. The summed E-state index contributed by atoms with van der Waals surface area (Å²) in [5.74, 6) is 0.267. The minimum atomic E-state index is -1.37. The van der Waals surface area contributed by atoms with Crippen LogP contribution in [0, 0.1) is 0 Å². The van der Waals surface area contributed by atoms with Crippen LogP contribution in [0.15, 0.2) is 48.6 Å². The zero-order chi connectivity index (χ0) is 36.0. The van der Waals surface area contributed by atoms with Gasteiger partial charge in [-0.1, -0.05) is 24.3 Å². The molecule has 4 heterocycles. The van der Waals surface area contributed by atoms with E-state index in [2.05, 4.69) is 18.5 Å². The van der Waals surface area contributed by atoms with Crippen LogP contribution in [0.1, 0.15) is 65.7 Å². The molecular formula is C37H42N4O10. The number of rotatable bonds is 9. The second-order valence-electron chi connectivity index (χ2n) is 13.5. The van der Waals surface area contributed by atoms with E-state index < -0.39 is 24.4 Å². The Balaban J connectivity index is 1.07. The predicted octanol–water partition coefficient (Wildman–Crippen LogP) is 4.26. The molecule has 7 rings (SSSR count). The standard InChI is InChI=1S/C37H42N4O10/c1-20-12-27-33(42)38-25-16-31(29(47-3)14-23(25)34(43)39(27)18-20)49-10-7-11-50-32-17-26-24(15-30(32)48-4)35(44)40-19-21(2)13-28(40)36(45)41(26)37(46)51-22-8-5-6-9-22/h14-17,22,27-28,36,45H,1-2,5-13,18-19H2,3-4H3,(H,38,42). The number of anilines is 2. The van der Waals surface area contributed by atoms with Crippen LogP contribution >= 0.6 is 0 Å². The van der Waals surface area contributed by atoms with Crippen LogP contribution in [0.5, 0.6) is 23.0 Å². The Morgan fingerprint density at radius 3 is 2.14 bits per heavy atom. The molecule has 0 aromatic heterocycles. The highest BCUT2D eigenvalue weighted by molar-refractivity contribution is 6.11. The fraction of sp³-hybridized carbons (Fsp3) is 0.459. The van der Waals surface area contributed by atoms with E-state index in [1.165, 1.54) is 36.2 Å². The third-order valence-electron chi connectivity index (χ3n) is 10.1. The number of nitrogens with one attached hydrogen (secondary N) is 1. The molecule has 0 spiro atoms. The van der Waals surface area contributed by atoms with Crippen LogP contribution in [0.2, 0.25) is 0 Å². The van der Waals surface area contributed by atoms with Crippen molar-refractivity contribution in [2.45, 2.75) is 69.4 Å². The van der Waals surface area contributed by atoms with E-state index in [9.17, 15) is 24.3 Å². The van der Waals surface area contributed by atoms with Gasteiger partial charge in [0, 0.05) is 31.6 Å². The summed E-state index contributed by atoms with van der Waals surface area (Å²) in [4.78, 5) is 57.9. The molecule has 14 heteroatoms. The van der Waals surface area contributed by atoms with Crippen LogP contribution in [0.3, 0.4) is 0 Å². The normalized spacial score (nSPS) is 22.8. The molecule has 4 aliphatic heterocycles.